The van der Waals surface area contributed by atoms with Crippen LogP contribution in [0, 0.1) is 0 Å². The van der Waals surface area contributed by atoms with E-state index in [1.54, 1.807) is 24.4 Å². The van der Waals surface area contributed by atoms with Gasteiger partial charge in [0.05, 0.1) is 16.9 Å². The molecule has 1 heterocycles. The first-order valence-corrected chi connectivity index (χ1v) is 6.72. The molecule has 0 saturated heterocycles. The number of carboxylic acid groups (broad SMARTS) is 1. The van der Waals surface area contributed by atoms with E-state index in [-0.39, 0.29) is 5.56 Å². The van der Waals surface area contributed by atoms with Crippen LogP contribution in [0.2, 0.25) is 0 Å². The van der Waals surface area contributed by atoms with E-state index in [0.717, 1.165) is 11.3 Å². The molecule has 5 heteroatoms. The number of hydrogen-bond acceptors (Lipinski definition) is 4. The number of carbonyl (C=O) groups is 1. The van der Waals surface area contributed by atoms with Crippen molar-refractivity contribution in [3.8, 4) is 11.3 Å². The molecule has 0 aliphatic heterocycles. The molecule has 22 heavy (non-hydrogen) atoms. The van der Waals surface area contributed by atoms with Gasteiger partial charge in [-0.1, -0.05) is 42.5 Å². The summed E-state index contributed by atoms with van der Waals surface area (Å²) in [7, 11) is 0. The van der Waals surface area contributed by atoms with Gasteiger partial charge in [-0.3, -0.25) is 0 Å². The van der Waals surface area contributed by atoms with Crippen molar-refractivity contribution in [2.24, 2.45) is 0 Å². The Morgan fingerprint density at radius 1 is 0.955 bits per heavy atom. The summed E-state index contributed by atoms with van der Waals surface area (Å²) in [5.41, 5.74) is 2.38. The number of nitrogens with one attached hydrogen (secondary N) is 1. The van der Waals surface area contributed by atoms with Crippen LogP contribution in [0.25, 0.3) is 11.3 Å². The van der Waals surface area contributed by atoms with Crippen LogP contribution in [-0.4, -0.2) is 21.0 Å². The fourth-order valence-corrected chi connectivity index (χ4v) is 2.09. The number of carboxylic acids is 1. The van der Waals surface area contributed by atoms with E-state index in [1.165, 1.54) is 6.07 Å². The smallest absolute Gasteiger partial charge is 0.337 e. The van der Waals surface area contributed by atoms with Gasteiger partial charge in [-0.15, -0.1) is 0 Å². The summed E-state index contributed by atoms with van der Waals surface area (Å²) in [4.78, 5) is 19.8. The highest BCUT2D eigenvalue weighted by Crippen LogP contribution is 2.21. The minimum Gasteiger partial charge on any atom is -0.478 e. The molecule has 0 aliphatic rings. The topological polar surface area (TPSA) is 75.1 Å². The zero-order chi connectivity index (χ0) is 15.4. The van der Waals surface area contributed by atoms with Crippen molar-refractivity contribution in [3.63, 3.8) is 0 Å². The van der Waals surface area contributed by atoms with E-state index in [0.29, 0.717) is 11.6 Å². The number of rotatable bonds is 4. The molecule has 0 radical (unpaired) electrons. The first kappa shape index (κ1) is 13.8. The molecule has 3 rings (SSSR count). The van der Waals surface area contributed by atoms with E-state index in [1.807, 2.05) is 36.4 Å². The van der Waals surface area contributed by atoms with E-state index in [2.05, 4.69) is 15.3 Å². The second kappa shape index (κ2) is 6.05. The number of para-hydroxylation sites is 1. The molecule has 0 bridgehead atoms. The zero-order valence-corrected chi connectivity index (χ0v) is 11.6. The van der Waals surface area contributed by atoms with Crippen molar-refractivity contribution >= 4 is 17.6 Å². The molecule has 108 valence electrons. The monoisotopic (exact) mass is 291 g/mol. The van der Waals surface area contributed by atoms with Crippen LogP contribution >= 0.6 is 0 Å². The van der Waals surface area contributed by atoms with Gasteiger partial charge in [0.2, 0.25) is 5.95 Å². The van der Waals surface area contributed by atoms with Crippen molar-refractivity contribution < 1.29 is 9.90 Å². The van der Waals surface area contributed by atoms with Crippen molar-refractivity contribution in [2.75, 3.05) is 5.32 Å². The van der Waals surface area contributed by atoms with Gasteiger partial charge in [-0.2, -0.15) is 0 Å². The molecule has 1 aromatic heterocycles. The standard InChI is InChI=1S/C17H13N3O2/c21-16(22)13-8-4-5-9-15(13)20-17-18-11-10-14(19-17)12-6-2-1-3-7-12/h1-11H,(H,21,22)(H,18,19,20). The highest BCUT2D eigenvalue weighted by molar-refractivity contribution is 5.94. The fraction of sp³-hybridized carbons (Fsp3) is 0. The van der Waals surface area contributed by atoms with Crippen LogP contribution < -0.4 is 5.32 Å². The predicted molar refractivity (Wildman–Crippen MR) is 84.2 cm³/mol. The van der Waals surface area contributed by atoms with Gasteiger partial charge < -0.3 is 10.4 Å². The van der Waals surface area contributed by atoms with E-state index >= 15 is 0 Å². The Morgan fingerprint density at radius 2 is 1.68 bits per heavy atom. The number of aromatic carboxylic acids is 1. The third-order valence-corrected chi connectivity index (χ3v) is 3.13. The maximum atomic E-state index is 11.2. The number of benzene rings is 2. The Bertz CT molecular complexity index is 804. The molecule has 0 fully saturated rings. The molecule has 0 aliphatic carbocycles. The zero-order valence-electron chi connectivity index (χ0n) is 11.6. The average Bonchev–Trinajstić information content (AvgIpc) is 2.56. The fourth-order valence-electron chi connectivity index (χ4n) is 2.09. The Morgan fingerprint density at radius 3 is 2.45 bits per heavy atom. The molecule has 5 nitrogen and oxygen atoms in total. The Labute approximate surface area is 127 Å². The van der Waals surface area contributed by atoms with Crippen LogP contribution in [0.15, 0.2) is 66.9 Å². The lowest BCUT2D eigenvalue weighted by Crippen LogP contribution is -2.04. The quantitative estimate of drug-likeness (QED) is 0.768. The van der Waals surface area contributed by atoms with Crippen molar-refractivity contribution in [1.82, 2.24) is 9.97 Å². The van der Waals surface area contributed by atoms with Gasteiger partial charge in [-0.05, 0) is 18.2 Å². The van der Waals surface area contributed by atoms with Crippen molar-refractivity contribution in [2.45, 2.75) is 0 Å². The average molecular weight is 291 g/mol. The Kier molecular flexibility index (Phi) is 3.78. The molecule has 0 saturated carbocycles. The highest BCUT2D eigenvalue weighted by atomic mass is 16.4. The summed E-state index contributed by atoms with van der Waals surface area (Å²) >= 11 is 0. The normalized spacial score (nSPS) is 10.2. The lowest BCUT2D eigenvalue weighted by Gasteiger charge is -2.09. The molecule has 2 aromatic carbocycles. The second-order valence-corrected chi connectivity index (χ2v) is 4.61. The van der Waals surface area contributed by atoms with Crippen LogP contribution in [0.5, 0.6) is 0 Å². The van der Waals surface area contributed by atoms with Gasteiger partial charge in [-0.25, -0.2) is 14.8 Å². The third kappa shape index (κ3) is 2.93. The lowest BCUT2D eigenvalue weighted by molar-refractivity contribution is 0.0698. The minimum atomic E-state index is -0.998. The van der Waals surface area contributed by atoms with E-state index in [4.69, 9.17) is 0 Å². The van der Waals surface area contributed by atoms with Gasteiger partial charge in [0.1, 0.15) is 0 Å². The Balaban J connectivity index is 1.93. The molecule has 0 atom stereocenters. The number of anilines is 2. The van der Waals surface area contributed by atoms with Crippen molar-refractivity contribution in [1.29, 1.82) is 0 Å². The summed E-state index contributed by atoms with van der Waals surface area (Å²) in [6, 6.07) is 18.2. The second-order valence-electron chi connectivity index (χ2n) is 4.61. The summed E-state index contributed by atoms with van der Waals surface area (Å²) < 4.78 is 0. The third-order valence-electron chi connectivity index (χ3n) is 3.13. The van der Waals surface area contributed by atoms with Gasteiger partial charge in [0, 0.05) is 11.8 Å². The van der Waals surface area contributed by atoms with E-state index in [9.17, 15) is 9.90 Å². The van der Waals surface area contributed by atoms with E-state index < -0.39 is 5.97 Å². The van der Waals surface area contributed by atoms with Gasteiger partial charge in [0.15, 0.2) is 0 Å². The molecular formula is C17H13N3O2. The van der Waals surface area contributed by atoms with Gasteiger partial charge >= 0.3 is 5.97 Å². The molecule has 2 N–H and O–H groups in total. The molecular weight excluding hydrogens is 278 g/mol. The lowest BCUT2D eigenvalue weighted by atomic mass is 10.1. The molecule has 0 unspecified atom stereocenters. The maximum absolute atomic E-state index is 11.2. The molecule has 0 amide bonds. The number of nitrogens with zero attached hydrogens (tertiary/aromatic N) is 2. The molecule has 0 spiro atoms. The number of aromatic nitrogens is 2. The van der Waals surface area contributed by atoms with Crippen LogP contribution in [0.3, 0.4) is 0 Å². The van der Waals surface area contributed by atoms with Crippen LogP contribution in [-0.2, 0) is 0 Å². The maximum Gasteiger partial charge on any atom is 0.337 e. The minimum absolute atomic E-state index is 0.177. The summed E-state index contributed by atoms with van der Waals surface area (Å²) in [5, 5.41) is 12.2. The van der Waals surface area contributed by atoms with Crippen molar-refractivity contribution in [3.05, 3.63) is 72.4 Å². The highest BCUT2D eigenvalue weighted by Gasteiger charge is 2.10. The number of hydrogen-bond donors (Lipinski definition) is 2. The Hall–Kier alpha value is -3.21. The van der Waals surface area contributed by atoms with Crippen LogP contribution in [0.1, 0.15) is 10.4 Å². The largest absolute Gasteiger partial charge is 0.478 e. The van der Waals surface area contributed by atoms with Gasteiger partial charge in [0.25, 0.3) is 0 Å². The summed E-state index contributed by atoms with van der Waals surface area (Å²) in [6.07, 6.45) is 1.64. The van der Waals surface area contributed by atoms with Crippen LogP contribution in [0.4, 0.5) is 11.6 Å². The predicted octanol–water partition coefficient (Wildman–Crippen LogP) is 3.59. The first-order chi connectivity index (χ1) is 10.7. The summed E-state index contributed by atoms with van der Waals surface area (Å²) in [5.74, 6) is -0.641. The molecule has 3 aromatic rings. The SMILES string of the molecule is O=C(O)c1ccccc1Nc1nccc(-c2ccccc2)n1. The summed E-state index contributed by atoms with van der Waals surface area (Å²) in [6.45, 7) is 0. The first-order valence-electron chi connectivity index (χ1n) is 6.72.